The Morgan fingerprint density at radius 3 is 2.05 bits per heavy atom. The van der Waals surface area contributed by atoms with Crippen LogP contribution in [0.1, 0.15) is 18.6 Å². The third-order valence-corrected chi connectivity index (χ3v) is 2.24. The molecule has 0 aliphatic heterocycles. The molecule has 2 aromatic rings. The maximum Gasteiger partial charge on any atom is 0.265 e. The van der Waals surface area contributed by atoms with E-state index in [1.165, 1.54) is 18.5 Å². The van der Waals surface area contributed by atoms with E-state index in [2.05, 4.69) is 22.2 Å². The second kappa shape index (κ2) is 8.39. The van der Waals surface area contributed by atoms with Crippen molar-refractivity contribution in [3.05, 3.63) is 68.5 Å². The van der Waals surface area contributed by atoms with Gasteiger partial charge in [0.05, 0.1) is 5.56 Å². The Balaban J connectivity index is 0.000000345. The van der Waals surface area contributed by atoms with Gasteiger partial charge in [-0.1, -0.05) is 19.6 Å². The van der Waals surface area contributed by atoms with Gasteiger partial charge in [0.1, 0.15) is 16.6 Å². The second-order valence-electron chi connectivity index (χ2n) is 3.30. The number of nitrogens with two attached hydrogens (primary N) is 1. The molecule has 0 fully saturated rings. The van der Waals surface area contributed by atoms with E-state index in [1.807, 2.05) is 0 Å². The lowest BCUT2D eigenvalue weighted by Crippen LogP contribution is -2.21. The topological polar surface area (TPSA) is 116 Å². The summed E-state index contributed by atoms with van der Waals surface area (Å²) in [7, 11) is 0. The van der Waals surface area contributed by atoms with Crippen LogP contribution in [0.5, 0.6) is 0 Å². The van der Waals surface area contributed by atoms with E-state index in [9.17, 15) is 9.59 Å². The summed E-state index contributed by atoms with van der Waals surface area (Å²) in [5.74, 6) is 0. The molecule has 7 heteroatoms. The monoisotopic (exact) mass is 290 g/mol. The molecule has 104 valence electrons. The summed E-state index contributed by atoms with van der Waals surface area (Å²) >= 11 is 4.61. The van der Waals surface area contributed by atoms with E-state index < -0.39 is 0 Å². The van der Waals surface area contributed by atoms with E-state index in [0.717, 1.165) is 0 Å². The van der Waals surface area contributed by atoms with Crippen LogP contribution in [0.15, 0.2) is 46.2 Å². The summed E-state index contributed by atoms with van der Waals surface area (Å²) in [6, 6.07) is 8.09. The Bertz CT molecular complexity index is 728. The Morgan fingerprint density at radius 2 is 1.70 bits per heavy atom. The Hall–Kier alpha value is -2.72. The summed E-state index contributed by atoms with van der Waals surface area (Å²) in [5.41, 5.74) is 5.16. The van der Waals surface area contributed by atoms with Crippen molar-refractivity contribution in [1.82, 2.24) is 9.97 Å². The van der Waals surface area contributed by atoms with Crippen molar-refractivity contribution in [1.29, 1.82) is 5.26 Å². The number of nitrogens with zero attached hydrogens (tertiary/aromatic N) is 1. The molecule has 0 bridgehead atoms. The van der Waals surface area contributed by atoms with Crippen LogP contribution in [0, 0.1) is 11.3 Å². The summed E-state index contributed by atoms with van der Waals surface area (Å²) in [4.78, 5) is 26.4. The normalized spacial score (nSPS) is 8.35. The first-order valence-electron chi connectivity index (χ1n) is 5.11. The molecule has 0 aliphatic rings. The first kappa shape index (κ1) is 17.3. The van der Waals surface area contributed by atoms with E-state index in [-0.39, 0.29) is 29.1 Å². The van der Waals surface area contributed by atoms with Gasteiger partial charge in [-0.25, -0.2) is 0 Å². The molecule has 20 heavy (non-hydrogen) atoms. The number of H-pyrrole nitrogens is 2. The standard InChI is InChI=1S/C6H6N2OS.C6H4N2O.CH4/c7-5(10)4-2-1-3-8-6(4)9;7-4-5-2-1-3-8-6(5)9;/h1-3H,(H2,7,10)(H,8,9);1-3H,(H,8,9);1H4. The number of rotatable bonds is 1. The SMILES string of the molecule is C.N#Cc1ccc[nH]c1=O.NC(=S)c1ccc[nH]c1=O. The molecule has 0 spiro atoms. The highest BCUT2D eigenvalue weighted by Crippen LogP contribution is 1.86. The molecule has 0 aromatic carbocycles. The van der Waals surface area contributed by atoms with Crippen molar-refractivity contribution in [2.75, 3.05) is 0 Å². The molecule has 0 atom stereocenters. The molecule has 4 N–H and O–H groups in total. The van der Waals surface area contributed by atoms with Crippen LogP contribution in [0.25, 0.3) is 0 Å². The lowest BCUT2D eigenvalue weighted by Gasteiger charge is -1.92. The highest BCUT2D eigenvalue weighted by molar-refractivity contribution is 7.80. The Labute approximate surface area is 120 Å². The highest BCUT2D eigenvalue weighted by atomic mass is 32.1. The number of thiocarbonyl (C=S) groups is 1. The lowest BCUT2D eigenvalue weighted by molar-refractivity contribution is 1.21. The van der Waals surface area contributed by atoms with Crippen molar-refractivity contribution in [3.63, 3.8) is 0 Å². The van der Waals surface area contributed by atoms with Gasteiger partial charge in [-0.2, -0.15) is 5.26 Å². The zero-order valence-corrected chi connectivity index (χ0v) is 10.5. The van der Waals surface area contributed by atoms with E-state index in [0.29, 0.717) is 5.56 Å². The molecule has 0 aliphatic carbocycles. The fourth-order valence-electron chi connectivity index (χ4n) is 1.13. The van der Waals surface area contributed by atoms with Gasteiger partial charge in [0.25, 0.3) is 11.1 Å². The van der Waals surface area contributed by atoms with Gasteiger partial charge in [0.15, 0.2) is 0 Å². The quantitative estimate of drug-likeness (QED) is 0.675. The van der Waals surface area contributed by atoms with Crippen molar-refractivity contribution in [2.45, 2.75) is 7.43 Å². The van der Waals surface area contributed by atoms with Crippen LogP contribution >= 0.6 is 12.2 Å². The molecular weight excluding hydrogens is 276 g/mol. The smallest absolute Gasteiger partial charge is 0.265 e. The van der Waals surface area contributed by atoms with Crippen molar-refractivity contribution < 1.29 is 0 Å². The third kappa shape index (κ3) is 4.88. The molecule has 2 rings (SSSR count). The van der Waals surface area contributed by atoms with Crippen molar-refractivity contribution in [3.8, 4) is 6.07 Å². The van der Waals surface area contributed by atoms with Gasteiger partial charge in [-0.05, 0) is 24.3 Å². The third-order valence-electron chi connectivity index (χ3n) is 2.02. The number of pyridine rings is 2. The average molecular weight is 290 g/mol. The highest BCUT2D eigenvalue weighted by Gasteiger charge is 1.98. The summed E-state index contributed by atoms with van der Waals surface area (Å²) < 4.78 is 0. The minimum atomic E-state index is -0.333. The average Bonchev–Trinajstić information content (AvgIpc) is 2.40. The van der Waals surface area contributed by atoms with Crippen LogP contribution in [0.2, 0.25) is 0 Å². The molecule has 0 saturated carbocycles. The number of nitrogens with one attached hydrogen (secondary N) is 2. The molecule has 0 unspecified atom stereocenters. The summed E-state index contributed by atoms with van der Waals surface area (Å²) in [5, 5.41) is 8.25. The van der Waals surface area contributed by atoms with Gasteiger partial charge in [0.2, 0.25) is 0 Å². The lowest BCUT2D eigenvalue weighted by atomic mass is 10.3. The zero-order valence-electron chi connectivity index (χ0n) is 9.71. The van der Waals surface area contributed by atoms with Gasteiger partial charge in [-0.3, -0.25) is 9.59 Å². The fourth-order valence-corrected chi connectivity index (χ4v) is 1.29. The molecule has 2 heterocycles. The fraction of sp³-hybridized carbons (Fsp3) is 0.0769. The minimum absolute atomic E-state index is 0. The number of nitriles is 1. The zero-order chi connectivity index (χ0) is 14.3. The summed E-state index contributed by atoms with van der Waals surface area (Å²) in [6.07, 6.45) is 3.02. The van der Waals surface area contributed by atoms with E-state index in [1.54, 1.807) is 24.3 Å². The second-order valence-corrected chi connectivity index (χ2v) is 3.74. The molecule has 0 saturated heterocycles. The van der Waals surface area contributed by atoms with Gasteiger partial charge in [0, 0.05) is 12.4 Å². The van der Waals surface area contributed by atoms with Crippen molar-refractivity contribution >= 4 is 17.2 Å². The Morgan fingerprint density at radius 1 is 1.15 bits per heavy atom. The summed E-state index contributed by atoms with van der Waals surface area (Å²) in [6.45, 7) is 0. The van der Waals surface area contributed by atoms with E-state index in [4.69, 9.17) is 11.0 Å². The van der Waals surface area contributed by atoms with Crippen LogP contribution in [-0.2, 0) is 0 Å². The molecule has 0 amide bonds. The van der Waals surface area contributed by atoms with Gasteiger partial charge >= 0.3 is 0 Å². The van der Waals surface area contributed by atoms with Crippen LogP contribution in [0.4, 0.5) is 0 Å². The minimum Gasteiger partial charge on any atom is -0.389 e. The molecule has 0 radical (unpaired) electrons. The number of hydrogen-bond acceptors (Lipinski definition) is 4. The molecular formula is C13H14N4O2S. The molecule has 2 aromatic heterocycles. The Kier molecular flexibility index (Phi) is 7.25. The maximum absolute atomic E-state index is 10.8. The first-order valence-corrected chi connectivity index (χ1v) is 5.52. The van der Waals surface area contributed by atoms with Crippen LogP contribution in [0.3, 0.4) is 0 Å². The van der Waals surface area contributed by atoms with Crippen LogP contribution < -0.4 is 16.9 Å². The number of hydrogen-bond donors (Lipinski definition) is 3. The largest absolute Gasteiger partial charge is 0.389 e. The maximum atomic E-state index is 10.8. The van der Waals surface area contributed by atoms with E-state index >= 15 is 0 Å². The van der Waals surface area contributed by atoms with Crippen molar-refractivity contribution in [2.24, 2.45) is 5.73 Å². The van der Waals surface area contributed by atoms with Gasteiger partial charge < -0.3 is 15.7 Å². The predicted octanol–water partition coefficient (Wildman–Crippen LogP) is 0.892. The first-order chi connectivity index (χ1) is 9.06. The number of aromatic amines is 2. The number of aromatic nitrogens is 2. The predicted molar refractivity (Wildman–Crippen MR) is 81.5 cm³/mol. The van der Waals surface area contributed by atoms with Crippen LogP contribution in [-0.4, -0.2) is 15.0 Å². The van der Waals surface area contributed by atoms with Gasteiger partial charge in [-0.15, -0.1) is 0 Å². The molecule has 6 nitrogen and oxygen atoms in total.